The maximum Gasteiger partial charge on any atom is 0.282 e. The first-order valence-corrected chi connectivity index (χ1v) is 6.35. The topological polar surface area (TPSA) is 72.2 Å². The molecule has 0 heterocycles. The highest BCUT2D eigenvalue weighted by Crippen LogP contribution is 2.25. The molecule has 6 heteroatoms. The second kappa shape index (κ2) is 5.98. The molecule has 1 aromatic rings. The van der Waals surface area contributed by atoms with Crippen LogP contribution in [0.2, 0.25) is 0 Å². The Morgan fingerprint density at radius 3 is 2.55 bits per heavy atom. The average molecular weight is 282 g/mol. The molecule has 1 atom stereocenters. The summed E-state index contributed by atoms with van der Waals surface area (Å²) in [7, 11) is 0. The molecule has 0 aliphatic rings. The van der Waals surface area contributed by atoms with Gasteiger partial charge >= 0.3 is 0 Å². The molecule has 1 aromatic carbocycles. The lowest BCUT2D eigenvalue weighted by Crippen LogP contribution is -2.34. The summed E-state index contributed by atoms with van der Waals surface area (Å²) in [6, 6.07) is 2.85. The number of carbonyl (C=O) groups is 1. The summed E-state index contributed by atoms with van der Waals surface area (Å²) in [5.41, 5.74) is -0.648. The van der Waals surface area contributed by atoms with Crippen LogP contribution in [0.1, 0.15) is 38.1 Å². The zero-order valence-electron chi connectivity index (χ0n) is 12.1. The molecule has 0 saturated heterocycles. The van der Waals surface area contributed by atoms with Gasteiger partial charge in [0.2, 0.25) is 0 Å². The number of amides is 1. The Kier molecular flexibility index (Phi) is 4.81. The Labute approximate surface area is 117 Å². The van der Waals surface area contributed by atoms with Gasteiger partial charge in [0.15, 0.2) is 0 Å². The van der Waals surface area contributed by atoms with Crippen LogP contribution >= 0.6 is 0 Å². The zero-order chi connectivity index (χ0) is 15.5. The van der Waals surface area contributed by atoms with Gasteiger partial charge in [0.05, 0.1) is 4.92 Å². The Hall–Kier alpha value is -1.98. The predicted molar refractivity (Wildman–Crippen MR) is 74.0 cm³/mol. The van der Waals surface area contributed by atoms with Crippen LogP contribution in [-0.2, 0) is 0 Å². The Morgan fingerprint density at radius 1 is 1.45 bits per heavy atom. The zero-order valence-corrected chi connectivity index (χ0v) is 12.1. The summed E-state index contributed by atoms with van der Waals surface area (Å²) in [4.78, 5) is 22.1. The number of halogens is 1. The lowest BCUT2D eigenvalue weighted by Gasteiger charge is -2.27. The first-order valence-electron chi connectivity index (χ1n) is 6.35. The lowest BCUT2D eigenvalue weighted by molar-refractivity contribution is -0.385. The molecule has 1 N–H and O–H groups in total. The van der Waals surface area contributed by atoms with Crippen LogP contribution in [0.4, 0.5) is 10.1 Å². The number of nitrogens with zero attached hydrogens (tertiary/aromatic N) is 1. The monoisotopic (exact) mass is 282 g/mol. The third kappa shape index (κ3) is 4.01. The maximum atomic E-state index is 13.2. The van der Waals surface area contributed by atoms with E-state index in [1.165, 1.54) is 0 Å². The summed E-state index contributed by atoms with van der Waals surface area (Å²) in [5.74, 6) is -1.13. The van der Waals surface area contributed by atoms with Crippen LogP contribution in [0, 0.1) is 27.3 Å². The minimum Gasteiger partial charge on any atom is -0.352 e. The number of nitrogens with one attached hydrogen (secondary N) is 1. The second-order valence-corrected chi connectivity index (χ2v) is 5.90. The number of rotatable bonds is 4. The van der Waals surface area contributed by atoms with Crippen molar-refractivity contribution in [3.05, 3.63) is 39.7 Å². The van der Waals surface area contributed by atoms with E-state index < -0.39 is 22.3 Å². The van der Waals surface area contributed by atoms with Gasteiger partial charge in [-0.2, -0.15) is 0 Å². The number of nitro groups is 1. The maximum absolute atomic E-state index is 13.2. The van der Waals surface area contributed by atoms with Gasteiger partial charge in [-0.25, -0.2) is 4.39 Å². The minimum absolute atomic E-state index is 0.00114. The lowest BCUT2D eigenvalue weighted by atomic mass is 9.82. The molecule has 0 bridgehead atoms. The third-order valence-corrected chi connectivity index (χ3v) is 3.45. The number of benzene rings is 1. The summed E-state index contributed by atoms with van der Waals surface area (Å²) < 4.78 is 13.2. The van der Waals surface area contributed by atoms with Crippen molar-refractivity contribution in [3.8, 4) is 0 Å². The normalized spacial score (nSPS) is 12.8. The van der Waals surface area contributed by atoms with Crippen molar-refractivity contribution in [2.75, 3.05) is 6.54 Å². The fourth-order valence-electron chi connectivity index (χ4n) is 1.50. The van der Waals surface area contributed by atoms with Crippen molar-refractivity contribution >= 4 is 11.6 Å². The van der Waals surface area contributed by atoms with E-state index in [2.05, 4.69) is 5.32 Å². The van der Waals surface area contributed by atoms with Crippen molar-refractivity contribution in [2.45, 2.75) is 27.7 Å². The predicted octanol–water partition coefficient (Wildman–Crippen LogP) is 3.15. The SMILES string of the molecule is CC(CNC(=O)c1cc(F)ccc1[N+](=O)[O-])C(C)(C)C. The minimum atomic E-state index is -0.693. The van der Waals surface area contributed by atoms with Gasteiger partial charge in [0.1, 0.15) is 11.4 Å². The number of hydrogen-bond donors (Lipinski definition) is 1. The number of nitro benzene ring substituents is 1. The van der Waals surface area contributed by atoms with Crippen molar-refractivity contribution in [1.29, 1.82) is 0 Å². The molecule has 0 aliphatic carbocycles. The van der Waals surface area contributed by atoms with Crippen molar-refractivity contribution in [3.63, 3.8) is 0 Å². The summed E-state index contributed by atoms with van der Waals surface area (Å²) in [5, 5.41) is 13.5. The van der Waals surface area contributed by atoms with Gasteiger partial charge in [-0.1, -0.05) is 27.7 Å². The molecule has 1 rings (SSSR count). The van der Waals surface area contributed by atoms with E-state index in [9.17, 15) is 19.3 Å². The van der Waals surface area contributed by atoms with E-state index in [1.54, 1.807) is 0 Å². The molecule has 0 saturated carbocycles. The molecule has 0 spiro atoms. The summed E-state index contributed by atoms with van der Waals surface area (Å²) in [6.07, 6.45) is 0. The number of hydrogen-bond acceptors (Lipinski definition) is 3. The first-order chi connectivity index (χ1) is 9.12. The van der Waals surface area contributed by atoms with E-state index in [0.717, 1.165) is 18.2 Å². The molecule has 5 nitrogen and oxygen atoms in total. The van der Waals surface area contributed by atoms with Gasteiger partial charge in [0.25, 0.3) is 11.6 Å². The summed E-state index contributed by atoms with van der Waals surface area (Å²) in [6.45, 7) is 8.45. The number of carbonyl (C=O) groups excluding carboxylic acids is 1. The molecule has 0 radical (unpaired) electrons. The van der Waals surface area contributed by atoms with Crippen molar-refractivity contribution in [1.82, 2.24) is 5.32 Å². The largest absolute Gasteiger partial charge is 0.352 e. The highest BCUT2D eigenvalue weighted by atomic mass is 19.1. The van der Waals surface area contributed by atoms with E-state index in [-0.39, 0.29) is 16.9 Å². The quantitative estimate of drug-likeness (QED) is 0.681. The van der Waals surface area contributed by atoms with Crippen LogP contribution in [0.25, 0.3) is 0 Å². The first kappa shape index (κ1) is 16.1. The van der Waals surface area contributed by atoms with E-state index in [1.807, 2.05) is 27.7 Å². The third-order valence-electron chi connectivity index (χ3n) is 3.45. The smallest absolute Gasteiger partial charge is 0.282 e. The Bertz CT molecular complexity index is 524. The second-order valence-electron chi connectivity index (χ2n) is 5.90. The molecular weight excluding hydrogens is 263 g/mol. The van der Waals surface area contributed by atoms with Gasteiger partial charge < -0.3 is 5.32 Å². The van der Waals surface area contributed by atoms with Crippen LogP contribution in [0.15, 0.2) is 18.2 Å². The van der Waals surface area contributed by atoms with Crippen LogP contribution in [0.5, 0.6) is 0 Å². The average Bonchev–Trinajstić information content (AvgIpc) is 2.33. The van der Waals surface area contributed by atoms with Crippen molar-refractivity contribution in [2.24, 2.45) is 11.3 Å². The fraction of sp³-hybridized carbons (Fsp3) is 0.500. The van der Waals surface area contributed by atoms with Gasteiger partial charge in [0, 0.05) is 12.6 Å². The van der Waals surface area contributed by atoms with Crippen LogP contribution in [0.3, 0.4) is 0 Å². The van der Waals surface area contributed by atoms with E-state index in [4.69, 9.17) is 0 Å². The molecule has 1 amide bonds. The highest BCUT2D eigenvalue weighted by molar-refractivity contribution is 5.98. The van der Waals surface area contributed by atoms with Crippen LogP contribution in [-0.4, -0.2) is 17.4 Å². The Morgan fingerprint density at radius 2 is 2.05 bits per heavy atom. The van der Waals surface area contributed by atoms with Crippen LogP contribution < -0.4 is 5.32 Å². The molecule has 0 fully saturated rings. The van der Waals surface area contributed by atoms with Gasteiger partial charge in [-0.15, -0.1) is 0 Å². The molecule has 0 aromatic heterocycles. The molecule has 110 valence electrons. The van der Waals surface area contributed by atoms with E-state index >= 15 is 0 Å². The fourth-order valence-corrected chi connectivity index (χ4v) is 1.50. The molecular formula is C14H19FN2O3. The van der Waals surface area contributed by atoms with Gasteiger partial charge in [-0.05, 0) is 23.5 Å². The van der Waals surface area contributed by atoms with E-state index in [0.29, 0.717) is 6.54 Å². The Balaban J connectivity index is 2.88. The molecule has 1 unspecified atom stereocenters. The molecule has 20 heavy (non-hydrogen) atoms. The molecule has 0 aliphatic heterocycles. The van der Waals surface area contributed by atoms with Crippen molar-refractivity contribution < 1.29 is 14.1 Å². The standard InChI is InChI=1S/C14H19FN2O3/c1-9(14(2,3)4)8-16-13(18)11-7-10(15)5-6-12(11)17(19)20/h5-7,9H,8H2,1-4H3,(H,16,18). The van der Waals surface area contributed by atoms with Gasteiger partial charge in [-0.3, -0.25) is 14.9 Å². The highest BCUT2D eigenvalue weighted by Gasteiger charge is 2.24. The summed E-state index contributed by atoms with van der Waals surface area (Å²) >= 11 is 0.